The lowest BCUT2D eigenvalue weighted by Crippen LogP contribution is -2.13. The minimum absolute atomic E-state index is 0.121. The molecule has 0 spiro atoms. The van der Waals surface area contributed by atoms with Crippen LogP contribution in [0.3, 0.4) is 0 Å². The minimum Gasteiger partial charge on any atom is -0.322 e. The van der Waals surface area contributed by atoms with Gasteiger partial charge in [-0.3, -0.25) is 4.79 Å². The molecule has 0 aliphatic heterocycles. The Labute approximate surface area is 118 Å². The second-order valence-electron chi connectivity index (χ2n) is 4.70. The SMILES string of the molecule is CC(C)c1ccccc1NC(=O)c1ccc(Cl)cc1. The third-order valence-corrected chi connectivity index (χ3v) is 3.19. The number of para-hydroxylation sites is 1. The van der Waals surface area contributed by atoms with Crippen molar-refractivity contribution in [3.05, 3.63) is 64.7 Å². The van der Waals surface area contributed by atoms with E-state index >= 15 is 0 Å². The largest absolute Gasteiger partial charge is 0.322 e. The Hall–Kier alpha value is -1.80. The van der Waals surface area contributed by atoms with Crippen LogP contribution in [0.2, 0.25) is 5.02 Å². The molecule has 0 aliphatic rings. The molecule has 0 fully saturated rings. The molecule has 2 aromatic carbocycles. The number of benzene rings is 2. The Morgan fingerprint density at radius 1 is 1.05 bits per heavy atom. The second kappa shape index (κ2) is 5.89. The smallest absolute Gasteiger partial charge is 0.255 e. The van der Waals surface area contributed by atoms with Crippen molar-refractivity contribution in [3.8, 4) is 0 Å². The number of anilines is 1. The lowest BCUT2D eigenvalue weighted by atomic mass is 10.0. The first-order valence-electron chi connectivity index (χ1n) is 6.24. The van der Waals surface area contributed by atoms with Crippen molar-refractivity contribution in [2.75, 3.05) is 5.32 Å². The van der Waals surface area contributed by atoms with Gasteiger partial charge in [-0.2, -0.15) is 0 Å². The summed E-state index contributed by atoms with van der Waals surface area (Å²) in [6.07, 6.45) is 0. The summed E-state index contributed by atoms with van der Waals surface area (Å²) in [4.78, 5) is 12.1. The minimum atomic E-state index is -0.121. The van der Waals surface area contributed by atoms with Gasteiger partial charge in [0.25, 0.3) is 5.91 Å². The third kappa shape index (κ3) is 3.36. The molecule has 0 atom stereocenters. The second-order valence-corrected chi connectivity index (χ2v) is 5.14. The molecule has 1 N–H and O–H groups in total. The summed E-state index contributed by atoms with van der Waals surface area (Å²) < 4.78 is 0. The molecule has 98 valence electrons. The first kappa shape index (κ1) is 13.6. The summed E-state index contributed by atoms with van der Waals surface area (Å²) in [6.45, 7) is 4.21. The number of amides is 1. The molecule has 0 heterocycles. The van der Waals surface area contributed by atoms with E-state index in [-0.39, 0.29) is 5.91 Å². The molecular weight excluding hydrogens is 258 g/mol. The maximum absolute atomic E-state index is 12.1. The molecule has 0 bridgehead atoms. The van der Waals surface area contributed by atoms with E-state index in [1.165, 1.54) is 0 Å². The molecular formula is C16H16ClNO. The fourth-order valence-electron chi connectivity index (χ4n) is 1.91. The van der Waals surface area contributed by atoms with E-state index in [0.29, 0.717) is 16.5 Å². The van der Waals surface area contributed by atoms with Crippen molar-refractivity contribution < 1.29 is 4.79 Å². The zero-order valence-corrected chi connectivity index (χ0v) is 11.7. The average molecular weight is 274 g/mol. The van der Waals surface area contributed by atoms with E-state index < -0.39 is 0 Å². The Bertz CT molecular complexity index is 576. The summed E-state index contributed by atoms with van der Waals surface area (Å²) in [7, 11) is 0. The molecule has 19 heavy (non-hydrogen) atoms. The highest BCUT2D eigenvalue weighted by Gasteiger charge is 2.10. The first-order chi connectivity index (χ1) is 9.08. The molecule has 2 nitrogen and oxygen atoms in total. The highest BCUT2D eigenvalue weighted by atomic mass is 35.5. The van der Waals surface area contributed by atoms with Gasteiger partial charge in [0.2, 0.25) is 0 Å². The van der Waals surface area contributed by atoms with Gasteiger partial charge >= 0.3 is 0 Å². The van der Waals surface area contributed by atoms with E-state index in [1.54, 1.807) is 24.3 Å². The average Bonchev–Trinajstić information content (AvgIpc) is 2.39. The Kier molecular flexibility index (Phi) is 4.23. The standard InChI is InChI=1S/C16H16ClNO/c1-11(2)14-5-3-4-6-15(14)18-16(19)12-7-9-13(17)10-8-12/h3-11H,1-2H3,(H,18,19). The normalized spacial score (nSPS) is 10.5. The molecule has 0 saturated heterocycles. The molecule has 0 radical (unpaired) electrons. The van der Waals surface area contributed by atoms with Crippen molar-refractivity contribution in [2.24, 2.45) is 0 Å². The molecule has 0 aromatic heterocycles. The lowest BCUT2D eigenvalue weighted by molar-refractivity contribution is 0.102. The van der Waals surface area contributed by atoms with Crippen molar-refractivity contribution in [1.82, 2.24) is 0 Å². The molecule has 0 unspecified atom stereocenters. The number of halogens is 1. The lowest BCUT2D eigenvalue weighted by Gasteiger charge is -2.13. The van der Waals surface area contributed by atoms with E-state index in [2.05, 4.69) is 19.2 Å². The molecule has 0 saturated carbocycles. The topological polar surface area (TPSA) is 29.1 Å². The van der Waals surface area contributed by atoms with Crippen LogP contribution in [0, 0.1) is 0 Å². The van der Waals surface area contributed by atoms with Crippen LogP contribution >= 0.6 is 11.6 Å². The van der Waals surface area contributed by atoms with Gasteiger partial charge in [0.1, 0.15) is 0 Å². The highest BCUT2D eigenvalue weighted by Crippen LogP contribution is 2.24. The predicted molar refractivity (Wildman–Crippen MR) is 79.9 cm³/mol. The third-order valence-electron chi connectivity index (χ3n) is 2.94. The zero-order chi connectivity index (χ0) is 13.8. The van der Waals surface area contributed by atoms with Crippen LogP contribution in [0.5, 0.6) is 0 Å². The van der Waals surface area contributed by atoms with Crippen LogP contribution in [0.25, 0.3) is 0 Å². The van der Waals surface area contributed by atoms with E-state index in [4.69, 9.17) is 11.6 Å². The fraction of sp³-hybridized carbons (Fsp3) is 0.188. The van der Waals surface area contributed by atoms with Crippen molar-refractivity contribution in [1.29, 1.82) is 0 Å². The first-order valence-corrected chi connectivity index (χ1v) is 6.61. The summed E-state index contributed by atoms with van der Waals surface area (Å²) in [6, 6.07) is 14.7. The van der Waals surface area contributed by atoms with Gasteiger partial charge in [-0.05, 0) is 41.8 Å². The van der Waals surface area contributed by atoms with Gasteiger partial charge in [-0.1, -0.05) is 43.6 Å². The van der Waals surface area contributed by atoms with Crippen LogP contribution in [0.1, 0.15) is 35.7 Å². The monoisotopic (exact) mass is 273 g/mol. The zero-order valence-electron chi connectivity index (χ0n) is 11.0. The van der Waals surface area contributed by atoms with E-state index in [0.717, 1.165) is 11.3 Å². The number of hydrogen-bond donors (Lipinski definition) is 1. The Morgan fingerprint density at radius 2 is 1.68 bits per heavy atom. The van der Waals surface area contributed by atoms with Crippen LogP contribution < -0.4 is 5.32 Å². The van der Waals surface area contributed by atoms with Gasteiger partial charge in [-0.25, -0.2) is 0 Å². The van der Waals surface area contributed by atoms with Crippen LogP contribution in [0.4, 0.5) is 5.69 Å². The summed E-state index contributed by atoms with van der Waals surface area (Å²) in [5.41, 5.74) is 2.59. The van der Waals surface area contributed by atoms with Crippen molar-refractivity contribution >= 4 is 23.2 Å². The van der Waals surface area contributed by atoms with Gasteiger partial charge in [-0.15, -0.1) is 0 Å². The Morgan fingerprint density at radius 3 is 2.32 bits per heavy atom. The van der Waals surface area contributed by atoms with Gasteiger partial charge < -0.3 is 5.32 Å². The number of carbonyl (C=O) groups excluding carboxylic acids is 1. The highest BCUT2D eigenvalue weighted by molar-refractivity contribution is 6.30. The van der Waals surface area contributed by atoms with Gasteiger partial charge in [0.05, 0.1) is 0 Å². The van der Waals surface area contributed by atoms with Crippen LogP contribution in [0.15, 0.2) is 48.5 Å². The maximum atomic E-state index is 12.1. The van der Waals surface area contributed by atoms with Crippen LogP contribution in [-0.4, -0.2) is 5.91 Å². The Balaban J connectivity index is 2.22. The maximum Gasteiger partial charge on any atom is 0.255 e. The fourth-order valence-corrected chi connectivity index (χ4v) is 2.04. The number of hydrogen-bond acceptors (Lipinski definition) is 1. The van der Waals surface area contributed by atoms with Crippen molar-refractivity contribution in [2.45, 2.75) is 19.8 Å². The number of carbonyl (C=O) groups is 1. The van der Waals surface area contributed by atoms with Gasteiger partial charge in [0.15, 0.2) is 0 Å². The summed E-state index contributed by atoms with van der Waals surface area (Å²) >= 11 is 5.81. The molecule has 1 amide bonds. The van der Waals surface area contributed by atoms with E-state index in [9.17, 15) is 4.79 Å². The molecule has 0 aliphatic carbocycles. The quantitative estimate of drug-likeness (QED) is 0.862. The van der Waals surface area contributed by atoms with Crippen molar-refractivity contribution in [3.63, 3.8) is 0 Å². The number of rotatable bonds is 3. The molecule has 2 aromatic rings. The van der Waals surface area contributed by atoms with Gasteiger partial charge in [0, 0.05) is 16.3 Å². The molecule has 3 heteroatoms. The van der Waals surface area contributed by atoms with Crippen LogP contribution in [-0.2, 0) is 0 Å². The summed E-state index contributed by atoms with van der Waals surface area (Å²) in [5.74, 6) is 0.242. The summed E-state index contributed by atoms with van der Waals surface area (Å²) in [5, 5.41) is 3.57. The molecule has 2 rings (SSSR count). The van der Waals surface area contributed by atoms with E-state index in [1.807, 2.05) is 24.3 Å². The number of nitrogens with one attached hydrogen (secondary N) is 1. The predicted octanol–water partition coefficient (Wildman–Crippen LogP) is 4.72.